The largest absolute Gasteiger partial charge is 0.308 e. The van der Waals surface area contributed by atoms with E-state index in [9.17, 15) is 0 Å². The first-order valence-electron chi connectivity index (χ1n) is 6.56. The molecule has 0 aromatic carbocycles. The molecule has 0 radical (unpaired) electrons. The fourth-order valence-electron chi connectivity index (χ4n) is 1.87. The minimum absolute atomic E-state index is 0.926. The van der Waals surface area contributed by atoms with E-state index in [-0.39, 0.29) is 0 Å². The van der Waals surface area contributed by atoms with Crippen molar-refractivity contribution < 1.29 is 0 Å². The fourth-order valence-corrected chi connectivity index (χ4v) is 2.56. The molecule has 0 atom stereocenters. The highest BCUT2D eigenvalue weighted by Gasteiger charge is 2.15. The molecule has 1 aromatic rings. The van der Waals surface area contributed by atoms with Crippen molar-refractivity contribution in [3.8, 4) is 0 Å². The zero-order valence-electron chi connectivity index (χ0n) is 12.2. The van der Waals surface area contributed by atoms with Crippen LogP contribution < -0.4 is 0 Å². The van der Waals surface area contributed by atoms with Crippen molar-refractivity contribution in [1.29, 1.82) is 0 Å². The zero-order chi connectivity index (χ0) is 13.7. The van der Waals surface area contributed by atoms with E-state index in [4.69, 9.17) is 0 Å². The molecule has 0 aliphatic carbocycles. The number of hydrogen-bond acceptors (Lipinski definition) is 3. The molecule has 5 heteroatoms. The highest BCUT2D eigenvalue weighted by atomic mass is 79.9. The Balaban J connectivity index is 2.73. The van der Waals surface area contributed by atoms with Gasteiger partial charge in [0.1, 0.15) is 0 Å². The van der Waals surface area contributed by atoms with Gasteiger partial charge in [-0.25, -0.2) is 0 Å². The normalized spacial score (nSPS) is 11.8. The van der Waals surface area contributed by atoms with Crippen LogP contribution in [0.15, 0.2) is 4.47 Å². The lowest BCUT2D eigenvalue weighted by Crippen LogP contribution is -2.29. The maximum absolute atomic E-state index is 4.63. The summed E-state index contributed by atoms with van der Waals surface area (Å²) in [5.41, 5.74) is 2.45. The van der Waals surface area contributed by atoms with Crippen molar-refractivity contribution in [1.82, 2.24) is 19.6 Å². The molecule has 0 saturated heterocycles. The molecule has 0 aliphatic heterocycles. The van der Waals surface area contributed by atoms with Crippen LogP contribution in [0, 0.1) is 0 Å². The van der Waals surface area contributed by atoms with Gasteiger partial charge >= 0.3 is 0 Å². The average molecular weight is 317 g/mol. The van der Waals surface area contributed by atoms with E-state index in [1.165, 1.54) is 10.2 Å². The molecule has 0 amide bonds. The number of hydrogen-bond donors (Lipinski definition) is 0. The second-order valence-corrected chi connectivity index (χ2v) is 5.71. The monoisotopic (exact) mass is 316 g/mol. The molecule has 18 heavy (non-hydrogen) atoms. The molecule has 4 nitrogen and oxygen atoms in total. The van der Waals surface area contributed by atoms with Crippen molar-refractivity contribution in [3.05, 3.63) is 15.9 Å². The molecule has 0 saturated carbocycles. The van der Waals surface area contributed by atoms with Crippen LogP contribution in [0.2, 0.25) is 0 Å². The predicted octanol–water partition coefficient (Wildman–Crippen LogP) is 2.22. The van der Waals surface area contributed by atoms with Gasteiger partial charge in [-0.3, -0.25) is 9.58 Å². The Morgan fingerprint density at radius 1 is 1.17 bits per heavy atom. The lowest BCUT2D eigenvalue weighted by molar-refractivity contribution is 0.269. The summed E-state index contributed by atoms with van der Waals surface area (Å²) < 4.78 is 3.29. The summed E-state index contributed by atoms with van der Waals surface area (Å²) in [6, 6.07) is 0. The summed E-state index contributed by atoms with van der Waals surface area (Å²) in [7, 11) is 6.37. The minimum atomic E-state index is 0.926. The molecule has 1 heterocycles. The summed E-state index contributed by atoms with van der Waals surface area (Å²) in [4.78, 5) is 4.55. The molecule has 0 fully saturated rings. The van der Waals surface area contributed by atoms with E-state index in [0.717, 1.165) is 38.3 Å². The first-order valence-corrected chi connectivity index (χ1v) is 7.36. The van der Waals surface area contributed by atoms with Crippen LogP contribution >= 0.6 is 15.9 Å². The van der Waals surface area contributed by atoms with Crippen molar-refractivity contribution in [3.63, 3.8) is 0 Å². The molecule has 0 unspecified atom stereocenters. The second-order valence-electron chi connectivity index (χ2n) is 4.92. The summed E-state index contributed by atoms with van der Waals surface area (Å²) >= 11 is 3.69. The lowest BCUT2D eigenvalue weighted by Gasteiger charge is -2.19. The third kappa shape index (κ3) is 4.07. The Labute approximate surface area is 119 Å². The zero-order valence-corrected chi connectivity index (χ0v) is 13.8. The van der Waals surface area contributed by atoms with Gasteiger partial charge in [-0.2, -0.15) is 5.10 Å². The Kier molecular flexibility index (Phi) is 6.32. The SMILES string of the molecule is CCc1nn(CC)c(CN(C)CCN(C)C)c1Br. The van der Waals surface area contributed by atoms with Crippen LogP contribution in [0.3, 0.4) is 0 Å². The van der Waals surface area contributed by atoms with Crippen molar-refractivity contribution in [2.24, 2.45) is 0 Å². The van der Waals surface area contributed by atoms with Gasteiger partial charge in [0.15, 0.2) is 0 Å². The smallest absolute Gasteiger partial charge is 0.0767 e. The molecule has 0 spiro atoms. The van der Waals surface area contributed by atoms with Crippen LogP contribution in [0.25, 0.3) is 0 Å². The summed E-state index contributed by atoms with van der Waals surface area (Å²) in [5.74, 6) is 0. The van der Waals surface area contributed by atoms with Crippen LogP contribution in [0.1, 0.15) is 25.2 Å². The van der Waals surface area contributed by atoms with E-state index in [1.807, 2.05) is 0 Å². The molecule has 104 valence electrons. The van der Waals surface area contributed by atoms with Crippen LogP contribution in [-0.2, 0) is 19.5 Å². The van der Waals surface area contributed by atoms with E-state index < -0.39 is 0 Å². The molecule has 1 aromatic heterocycles. The molecule has 0 N–H and O–H groups in total. The van der Waals surface area contributed by atoms with Gasteiger partial charge < -0.3 is 4.90 Å². The van der Waals surface area contributed by atoms with E-state index >= 15 is 0 Å². The number of nitrogens with zero attached hydrogens (tertiary/aromatic N) is 4. The average Bonchev–Trinajstić information content (AvgIpc) is 2.63. The van der Waals surface area contributed by atoms with E-state index in [2.05, 4.69) is 70.5 Å². The van der Waals surface area contributed by atoms with Gasteiger partial charge in [0.05, 0.1) is 15.9 Å². The van der Waals surface area contributed by atoms with Crippen molar-refractivity contribution in [2.45, 2.75) is 33.4 Å². The molecule has 0 aliphatic rings. The Hall–Kier alpha value is -0.390. The van der Waals surface area contributed by atoms with Crippen LogP contribution in [-0.4, -0.2) is 53.8 Å². The Bertz CT molecular complexity index is 373. The fraction of sp³-hybridized carbons (Fsp3) is 0.769. The van der Waals surface area contributed by atoms with Gasteiger partial charge in [-0.15, -0.1) is 0 Å². The lowest BCUT2D eigenvalue weighted by atomic mass is 10.3. The summed E-state index contributed by atoms with van der Waals surface area (Å²) in [5, 5.41) is 4.63. The number of aryl methyl sites for hydroxylation is 2. The van der Waals surface area contributed by atoms with E-state index in [0.29, 0.717) is 0 Å². The Morgan fingerprint density at radius 2 is 1.83 bits per heavy atom. The number of aromatic nitrogens is 2. The van der Waals surface area contributed by atoms with Gasteiger partial charge in [0, 0.05) is 26.2 Å². The predicted molar refractivity (Wildman–Crippen MR) is 79.9 cm³/mol. The quantitative estimate of drug-likeness (QED) is 0.771. The van der Waals surface area contributed by atoms with Gasteiger partial charge in [-0.05, 0) is 50.4 Å². The molecular weight excluding hydrogens is 292 g/mol. The third-order valence-electron chi connectivity index (χ3n) is 3.04. The summed E-state index contributed by atoms with van der Waals surface area (Å²) in [6.45, 7) is 8.30. The van der Waals surface area contributed by atoms with Crippen LogP contribution in [0.5, 0.6) is 0 Å². The van der Waals surface area contributed by atoms with Gasteiger partial charge in [-0.1, -0.05) is 6.92 Å². The summed E-state index contributed by atoms with van der Waals surface area (Å²) in [6.07, 6.45) is 0.974. The first-order chi connectivity index (χ1) is 8.49. The van der Waals surface area contributed by atoms with Gasteiger partial charge in [0.25, 0.3) is 0 Å². The minimum Gasteiger partial charge on any atom is -0.308 e. The first kappa shape index (κ1) is 15.7. The maximum atomic E-state index is 4.63. The molecular formula is C13H25BrN4. The van der Waals surface area contributed by atoms with Gasteiger partial charge in [0.2, 0.25) is 0 Å². The van der Waals surface area contributed by atoms with Crippen LogP contribution in [0.4, 0.5) is 0 Å². The van der Waals surface area contributed by atoms with E-state index in [1.54, 1.807) is 0 Å². The molecule has 0 bridgehead atoms. The number of rotatable bonds is 7. The number of halogens is 1. The maximum Gasteiger partial charge on any atom is 0.0767 e. The molecule has 1 rings (SSSR count). The Morgan fingerprint density at radius 3 is 2.33 bits per heavy atom. The third-order valence-corrected chi connectivity index (χ3v) is 3.96. The standard InChI is InChI=1S/C13H25BrN4/c1-6-11-13(14)12(18(7-2)15-11)10-17(5)9-8-16(3)4/h6-10H2,1-5H3. The highest BCUT2D eigenvalue weighted by molar-refractivity contribution is 9.10. The second kappa shape index (κ2) is 7.26. The van der Waals surface area contributed by atoms with Crippen molar-refractivity contribution >= 4 is 15.9 Å². The highest BCUT2D eigenvalue weighted by Crippen LogP contribution is 2.23. The number of likely N-dealkylation sites (N-methyl/N-ethyl adjacent to an activating group) is 2. The topological polar surface area (TPSA) is 24.3 Å². The van der Waals surface area contributed by atoms with Crippen molar-refractivity contribution in [2.75, 3.05) is 34.2 Å².